The number of hydrogen-bond acceptors (Lipinski definition) is 5. The maximum atomic E-state index is 12.2. The van der Waals surface area contributed by atoms with E-state index in [9.17, 15) is 9.59 Å². The Morgan fingerprint density at radius 2 is 2.17 bits per heavy atom. The van der Waals surface area contributed by atoms with E-state index >= 15 is 0 Å². The monoisotopic (exact) mass is 328 g/mol. The highest BCUT2D eigenvalue weighted by Gasteiger charge is 2.37. The van der Waals surface area contributed by atoms with Crippen LogP contribution < -0.4 is 5.32 Å². The largest absolute Gasteiger partial charge is 0.350 e. The number of amides is 2. The van der Waals surface area contributed by atoms with Crippen molar-refractivity contribution in [1.82, 2.24) is 29.7 Å². The van der Waals surface area contributed by atoms with Crippen LogP contribution in [0.3, 0.4) is 0 Å². The molecular weight excluding hydrogens is 308 g/mol. The molecule has 1 fully saturated rings. The van der Waals surface area contributed by atoms with Crippen molar-refractivity contribution in [2.24, 2.45) is 13.0 Å². The molecule has 0 saturated carbocycles. The summed E-state index contributed by atoms with van der Waals surface area (Å²) in [6.45, 7) is 0.456. The number of hydrogen-bond donors (Lipinski definition) is 1. The molecule has 1 saturated heterocycles. The van der Waals surface area contributed by atoms with Crippen LogP contribution in [0.15, 0.2) is 31.0 Å². The van der Waals surface area contributed by atoms with Gasteiger partial charge >= 0.3 is 0 Å². The first-order valence-corrected chi connectivity index (χ1v) is 7.85. The maximum absolute atomic E-state index is 12.2. The topological polar surface area (TPSA) is 93.0 Å². The molecule has 1 N–H and O–H groups in total. The third kappa shape index (κ3) is 3.12. The second kappa shape index (κ2) is 6.77. The molecule has 0 aliphatic carbocycles. The third-order valence-electron chi connectivity index (χ3n) is 4.45. The standard InChI is InChI=1S/C16H20N6O2/c1-21-8-7-18-15(21)14-11(3-4-13(23)22(14)2)9-19-16(24)12-5-6-17-10-20-12/h5-8,10-11,14H,3-4,9H2,1-2H3,(H,19,24)/t11-,14+/m1/s1. The summed E-state index contributed by atoms with van der Waals surface area (Å²) in [7, 11) is 3.70. The number of carbonyl (C=O) groups excluding carboxylic acids is 2. The first-order valence-electron chi connectivity index (χ1n) is 7.85. The van der Waals surface area contributed by atoms with Gasteiger partial charge in [0, 0.05) is 51.6 Å². The summed E-state index contributed by atoms with van der Waals surface area (Å²) >= 11 is 0. The predicted molar refractivity (Wildman–Crippen MR) is 85.8 cm³/mol. The molecule has 2 amide bonds. The van der Waals surface area contributed by atoms with Crippen molar-refractivity contribution < 1.29 is 9.59 Å². The van der Waals surface area contributed by atoms with Gasteiger partial charge in [0.1, 0.15) is 17.8 Å². The summed E-state index contributed by atoms with van der Waals surface area (Å²) < 4.78 is 1.92. The number of imidazole rings is 1. The Balaban J connectivity index is 1.74. The number of nitrogens with one attached hydrogen (secondary N) is 1. The summed E-state index contributed by atoms with van der Waals surface area (Å²) in [4.78, 5) is 38.2. The number of aryl methyl sites for hydroxylation is 1. The van der Waals surface area contributed by atoms with Gasteiger partial charge in [-0.1, -0.05) is 0 Å². The molecule has 1 aliphatic heterocycles. The molecule has 0 aromatic carbocycles. The fraction of sp³-hybridized carbons (Fsp3) is 0.438. The van der Waals surface area contributed by atoms with E-state index in [1.807, 2.05) is 17.8 Å². The lowest BCUT2D eigenvalue weighted by Crippen LogP contribution is -2.45. The Bertz CT molecular complexity index is 729. The van der Waals surface area contributed by atoms with Gasteiger partial charge in [-0.3, -0.25) is 9.59 Å². The lowest BCUT2D eigenvalue weighted by atomic mass is 9.88. The average Bonchev–Trinajstić information content (AvgIpc) is 3.02. The average molecular weight is 328 g/mol. The van der Waals surface area contributed by atoms with Gasteiger partial charge in [0.25, 0.3) is 5.91 Å². The van der Waals surface area contributed by atoms with Gasteiger partial charge in [0.2, 0.25) is 5.91 Å². The van der Waals surface area contributed by atoms with Gasteiger partial charge in [-0.25, -0.2) is 15.0 Å². The fourth-order valence-electron chi connectivity index (χ4n) is 3.11. The second-order valence-corrected chi connectivity index (χ2v) is 5.95. The van der Waals surface area contributed by atoms with Crippen molar-refractivity contribution in [3.63, 3.8) is 0 Å². The number of rotatable bonds is 4. The van der Waals surface area contributed by atoms with Crippen LogP contribution in [0.4, 0.5) is 0 Å². The summed E-state index contributed by atoms with van der Waals surface area (Å²) in [6, 6.07) is 1.42. The Morgan fingerprint density at radius 1 is 1.33 bits per heavy atom. The van der Waals surface area contributed by atoms with Crippen molar-refractivity contribution in [1.29, 1.82) is 0 Å². The third-order valence-corrected chi connectivity index (χ3v) is 4.45. The summed E-state index contributed by atoms with van der Waals surface area (Å²) in [6.07, 6.45) is 7.65. The van der Waals surface area contributed by atoms with Gasteiger partial charge in [-0.15, -0.1) is 0 Å². The Morgan fingerprint density at radius 3 is 2.83 bits per heavy atom. The van der Waals surface area contributed by atoms with Crippen molar-refractivity contribution in [3.8, 4) is 0 Å². The fourth-order valence-corrected chi connectivity index (χ4v) is 3.11. The number of carbonyl (C=O) groups is 2. The van der Waals surface area contributed by atoms with E-state index in [0.717, 1.165) is 5.82 Å². The zero-order chi connectivity index (χ0) is 17.1. The molecule has 0 bridgehead atoms. The molecule has 8 nitrogen and oxygen atoms in total. The summed E-state index contributed by atoms with van der Waals surface area (Å²) in [5, 5.41) is 2.91. The van der Waals surface area contributed by atoms with Crippen molar-refractivity contribution >= 4 is 11.8 Å². The molecule has 0 spiro atoms. The van der Waals surface area contributed by atoms with E-state index in [2.05, 4.69) is 20.3 Å². The molecule has 3 heterocycles. The van der Waals surface area contributed by atoms with E-state index < -0.39 is 0 Å². The van der Waals surface area contributed by atoms with Gasteiger partial charge in [0.05, 0.1) is 6.04 Å². The minimum Gasteiger partial charge on any atom is -0.350 e. The van der Waals surface area contributed by atoms with Crippen LogP contribution in [-0.4, -0.2) is 49.8 Å². The first kappa shape index (κ1) is 16.1. The molecule has 2 aromatic heterocycles. The lowest BCUT2D eigenvalue weighted by Gasteiger charge is -2.38. The minimum absolute atomic E-state index is 0.0968. The van der Waals surface area contributed by atoms with E-state index in [0.29, 0.717) is 25.1 Å². The summed E-state index contributed by atoms with van der Waals surface area (Å²) in [5.74, 6) is 0.781. The zero-order valence-corrected chi connectivity index (χ0v) is 13.7. The first-order chi connectivity index (χ1) is 11.6. The molecule has 1 aliphatic rings. The summed E-state index contributed by atoms with van der Waals surface area (Å²) in [5.41, 5.74) is 0.332. The Labute approximate surface area is 139 Å². The van der Waals surface area contributed by atoms with Crippen LogP contribution in [0.25, 0.3) is 0 Å². The highest BCUT2D eigenvalue weighted by molar-refractivity contribution is 5.92. The molecular formula is C16H20N6O2. The SMILES string of the molecule is CN1C(=O)CC[C@H](CNC(=O)c2ccncn2)[C@H]1c1nccn1C. The van der Waals surface area contributed by atoms with Gasteiger partial charge in [0.15, 0.2) is 0 Å². The normalized spacial score (nSPS) is 20.9. The maximum Gasteiger partial charge on any atom is 0.270 e. The molecule has 0 unspecified atom stereocenters. The quantitative estimate of drug-likeness (QED) is 0.885. The molecule has 2 aromatic rings. The zero-order valence-electron chi connectivity index (χ0n) is 13.7. The van der Waals surface area contributed by atoms with Crippen LogP contribution in [0.5, 0.6) is 0 Å². The van der Waals surface area contributed by atoms with Crippen molar-refractivity contribution in [2.75, 3.05) is 13.6 Å². The highest BCUT2D eigenvalue weighted by atomic mass is 16.2. The van der Waals surface area contributed by atoms with E-state index in [4.69, 9.17) is 0 Å². The Kier molecular flexibility index (Phi) is 4.54. The molecule has 0 radical (unpaired) electrons. The van der Waals surface area contributed by atoms with E-state index in [1.54, 1.807) is 24.2 Å². The van der Waals surface area contributed by atoms with Crippen molar-refractivity contribution in [2.45, 2.75) is 18.9 Å². The smallest absolute Gasteiger partial charge is 0.270 e. The van der Waals surface area contributed by atoms with Gasteiger partial charge < -0.3 is 14.8 Å². The van der Waals surface area contributed by atoms with Crippen LogP contribution >= 0.6 is 0 Å². The van der Waals surface area contributed by atoms with E-state index in [-0.39, 0.29) is 23.8 Å². The number of nitrogens with zero attached hydrogens (tertiary/aromatic N) is 5. The lowest BCUT2D eigenvalue weighted by molar-refractivity contribution is -0.137. The Hall–Kier alpha value is -2.77. The second-order valence-electron chi connectivity index (χ2n) is 5.95. The molecule has 24 heavy (non-hydrogen) atoms. The van der Waals surface area contributed by atoms with Gasteiger partial charge in [-0.2, -0.15) is 0 Å². The molecule has 126 valence electrons. The number of likely N-dealkylation sites (tertiary alicyclic amines) is 1. The van der Waals surface area contributed by atoms with Crippen molar-refractivity contribution in [3.05, 3.63) is 42.5 Å². The van der Waals surface area contributed by atoms with Crippen LogP contribution in [-0.2, 0) is 11.8 Å². The number of aromatic nitrogens is 4. The highest BCUT2D eigenvalue weighted by Crippen LogP contribution is 2.34. The molecule has 8 heteroatoms. The van der Waals surface area contributed by atoms with Crippen LogP contribution in [0.1, 0.15) is 35.2 Å². The van der Waals surface area contributed by atoms with Crippen LogP contribution in [0, 0.1) is 5.92 Å². The van der Waals surface area contributed by atoms with Crippen LogP contribution in [0.2, 0.25) is 0 Å². The number of piperidine rings is 1. The van der Waals surface area contributed by atoms with Gasteiger partial charge in [-0.05, 0) is 12.5 Å². The molecule has 2 atom stereocenters. The van der Waals surface area contributed by atoms with E-state index in [1.165, 1.54) is 12.5 Å². The minimum atomic E-state index is -0.240. The molecule has 3 rings (SSSR count). The predicted octanol–water partition coefficient (Wildman–Crippen LogP) is 0.550.